The molecule has 0 bridgehead atoms. The first-order valence-corrected chi connectivity index (χ1v) is 18.8. The number of aliphatic carboxylic acids is 3. The topological polar surface area (TPSA) is 330 Å². The Morgan fingerprint density at radius 2 is 1.24 bits per heavy atom. The van der Waals surface area contributed by atoms with Gasteiger partial charge in [0.05, 0.1) is 25.2 Å². The highest BCUT2D eigenvalue weighted by molar-refractivity contribution is 7.85. The number of ether oxygens (including phenoxy) is 2. The zero-order chi connectivity index (χ0) is 41.7. The van der Waals surface area contributed by atoms with E-state index in [0.29, 0.717) is 25.8 Å². The molecule has 0 aliphatic carbocycles. The van der Waals surface area contributed by atoms with E-state index in [2.05, 4.69) is 21.3 Å². The summed E-state index contributed by atoms with van der Waals surface area (Å²) in [7, 11) is -4.88. The van der Waals surface area contributed by atoms with Crippen molar-refractivity contribution in [3.8, 4) is 0 Å². The first-order valence-electron chi connectivity index (χ1n) is 17.2. The van der Waals surface area contributed by atoms with E-state index in [-0.39, 0.29) is 45.1 Å². The molecule has 9 N–H and O–H groups in total. The van der Waals surface area contributed by atoms with Gasteiger partial charge in [-0.25, -0.2) is 9.59 Å². The van der Waals surface area contributed by atoms with Crippen molar-refractivity contribution in [3.05, 3.63) is 0 Å². The van der Waals surface area contributed by atoms with E-state index in [0.717, 1.165) is 0 Å². The van der Waals surface area contributed by atoms with Gasteiger partial charge in [0.15, 0.2) is 0 Å². The number of hydrogen-bond acceptors (Lipinski definition) is 12. The van der Waals surface area contributed by atoms with Crippen LogP contribution in [0.25, 0.3) is 0 Å². The van der Waals surface area contributed by atoms with Crippen LogP contribution in [0.1, 0.15) is 79.6 Å². The van der Waals surface area contributed by atoms with Crippen molar-refractivity contribution < 1.29 is 76.1 Å². The van der Waals surface area contributed by atoms with Crippen molar-refractivity contribution in [2.75, 3.05) is 45.3 Å². The minimum Gasteiger partial charge on any atom is -0.481 e. The summed E-state index contributed by atoms with van der Waals surface area (Å²) in [6.45, 7) is 7.09. The molecule has 22 heteroatoms. The molecule has 3 atom stereocenters. The molecule has 0 saturated carbocycles. The van der Waals surface area contributed by atoms with Gasteiger partial charge < -0.3 is 51.4 Å². The molecule has 0 aliphatic heterocycles. The van der Waals surface area contributed by atoms with Crippen LogP contribution < -0.4 is 26.6 Å². The molecule has 0 aromatic rings. The first kappa shape index (κ1) is 49.6. The minimum absolute atomic E-state index is 0.00278. The summed E-state index contributed by atoms with van der Waals surface area (Å²) in [5.74, 6) is -8.93. The van der Waals surface area contributed by atoms with E-state index in [1.54, 1.807) is 6.92 Å². The van der Waals surface area contributed by atoms with Gasteiger partial charge in [-0.1, -0.05) is 20.8 Å². The summed E-state index contributed by atoms with van der Waals surface area (Å²) >= 11 is 0. The molecule has 0 spiro atoms. The number of carboxylic acid groups (broad SMARTS) is 3. The maximum atomic E-state index is 13.0. The molecule has 310 valence electrons. The molecule has 54 heavy (non-hydrogen) atoms. The average molecular weight is 798 g/mol. The number of nitrogens with one attached hydrogen (secondary N) is 5. The van der Waals surface area contributed by atoms with Crippen LogP contribution in [-0.4, -0.2) is 139 Å². The number of unbranched alkanes of at least 4 members (excludes halogenated alkanes) is 1. The lowest BCUT2D eigenvalue weighted by Gasteiger charge is -2.32. The molecule has 0 fully saturated rings. The molecule has 0 saturated heterocycles. The molecule has 3 unspecified atom stereocenters. The van der Waals surface area contributed by atoms with Crippen LogP contribution in [0, 0.1) is 10.8 Å². The third kappa shape index (κ3) is 22.0. The van der Waals surface area contributed by atoms with Crippen LogP contribution in [0.4, 0.5) is 0 Å². The van der Waals surface area contributed by atoms with Crippen LogP contribution in [0.15, 0.2) is 0 Å². The lowest BCUT2D eigenvalue weighted by Crippen LogP contribution is -2.56. The average Bonchev–Trinajstić information content (AvgIpc) is 3.04. The third-order valence-electron chi connectivity index (χ3n) is 7.72. The van der Waals surface area contributed by atoms with Gasteiger partial charge in [0.1, 0.15) is 30.5 Å². The Bertz CT molecular complexity index is 1420. The highest BCUT2D eigenvalue weighted by Crippen LogP contribution is 2.34. The minimum atomic E-state index is -4.88. The molecule has 21 nitrogen and oxygen atoms in total. The molecular weight excluding hydrogens is 742 g/mol. The molecule has 0 aliphatic rings. The van der Waals surface area contributed by atoms with Crippen LogP contribution in [0.3, 0.4) is 0 Å². The fraction of sp³-hybridized carbons (Fsp3) is 0.750. The maximum absolute atomic E-state index is 13.0. The number of hydrogen-bond donors (Lipinski definition) is 9. The number of amides is 5. The number of carbonyl (C=O) groups excluding carboxylic acids is 5. The quantitative estimate of drug-likeness (QED) is 0.0312. The van der Waals surface area contributed by atoms with Crippen LogP contribution in [0.5, 0.6) is 0 Å². The van der Waals surface area contributed by atoms with Crippen molar-refractivity contribution in [3.63, 3.8) is 0 Å². The van der Waals surface area contributed by atoms with Crippen molar-refractivity contribution in [1.29, 1.82) is 0 Å². The van der Waals surface area contributed by atoms with Gasteiger partial charge >= 0.3 is 17.9 Å². The van der Waals surface area contributed by atoms with Crippen LogP contribution in [0.2, 0.25) is 0 Å². The van der Waals surface area contributed by atoms with Crippen LogP contribution >= 0.6 is 0 Å². The Balaban J connectivity index is 4.71. The smallest absolute Gasteiger partial charge is 0.326 e. The number of carbonyl (C=O) groups is 8. The fourth-order valence-electron chi connectivity index (χ4n) is 4.87. The predicted molar refractivity (Wildman–Crippen MR) is 188 cm³/mol. The van der Waals surface area contributed by atoms with E-state index in [4.69, 9.17) is 9.47 Å². The van der Waals surface area contributed by atoms with Gasteiger partial charge in [-0.05, 0) is 46.0 Å². The fourth-order valence-corrected chi connectivity index (χ4v) is 5.52. The Labute approximate surface area is 313 Å². The molecule has 0 aromatic heterocycles. The van der Waals surface area contributed by atoms with E-state index in [9.17, 15) is 66.6 Å². The second kappa shape index (κ2) is 24.1. The summed E-state index contributed by atoms with van der Waals surface area (Å²) in [6, 6.07) is -4.79. The molecule has 0 aromatic carbocycles. The van der Waals surface area contributed by atoms with E-state index in [1.165, 1.54) is 27.7 Å². The number of rotatable bonds is 29. The second-order valence-corrected chi connectivity index (χ2v) is 15.1. The highest BCUT2D eigenvalue weighted by atomic mass is 32.2. The molecule has 5 amide bonds. The Morgan fingerprint density at radius 3 is 1.80 bits per heavy atom. The summed E-state index contributed by atoms with van der Waals surface area (Å²) < 4.78 is 43.0. The second-order valence-electron chi connectivity index (χ2n) is 13.6. The summed E-state index contributed by atoms with van der Waals surface area (Å²) in [5, 5.41) is 40.0. The first-order chi connectivity index (χ1) is 24.9. The standard InChI is InChI=1S/C32H55N5O16S/c1-6-23(38)33-12-8-7-9-20(27(42)43)35-25(40)17-53-16-15-52-14-13-34-24(39)11-10-21(28(44)45)36-26(41)22(18-54(49,50)51)37-29(46)31(2,3)19-32(4,5)30(47)48/h20-22H,6-19H2,1-5H3,(H,33,38)(H,34,39)(H,35,40)(H,36,41)(H,37,46)(H,42,43)(H,44,45)(H,47,48)(H,49,50,51). The lowest BCUT2D eigenvalue weighted by molar-refractivity contribution is -0.150. The van der Waals surface area contributed by atoms with Crippen LogP contribution in [-0.2, 0) is 57.9 Å². The van der Waals surface area contributed by atoms with Gasteiger partial charge in [0.2, 0.25) is 29.5 Å². The summed E-state index contributed by atoms with van der Waals surface area (Å²) in [6.07, 6.45) is 0.427. The lowest BCUT2D eigenvalue weighted by atomic mass is 9.74. The summed E-state index contributed by atoms with van der Waals surface area (Å²) in [5.41, 5.74) is -2.83. The summed E-state index contributed by atoms with van der Waals surface area (Å²) in [4.78, 5) is 96.2. The predicted octanol–water partition coefficient (Wildman–Crippen LogP) is -1.35. The van der Waals surface area contributed by atoms with Gasteiger partial charge in [0.25, 0.3) is 10.1 Å². The largest absolute Gasteiger partial charge is 0.481 e. The van der Waals surface area contributed by atoms with Gasteiger partial charge in [-0.2, -0.15) is 8.42 Å². The Hall–Kier alpha value is -4.41. The molecule has 0 heterocycles. The van der Waals surface area contributed by atoms with E-state index < -0.39 is 106 Å². The SMILES string of the molecule is CCC(=O)NCCCCC(NC(=O)COCCOCCNC(=O)CCC(NC(=O)C(CS(=O)(=O)O)NC(=O)C(C)(C)CC(C)(C)C(=O)O)C(=O)O)C(=O)O. The van der Waals surface area contributed by atoms with Gasteiger partial charge in [-0.15, -0.1) is 0 Å². The van der Waals surface area contributed by atoms with Crippen molar-refractivity contribution in [2.45, 2.75) is 97.7 Å². The molecule has 0 radical (unpaired) electrons. The zero-order valence-corrected chi connectivity index (χ0v) is 32.0. The Morgan fingerprint density at radius 1 is 0.667 bits per heavy atom. The maximum Gasteiger partial charge on any atom is 0.326 e. The number of carboxylic acids is 3. The van der Waals surface area contributed by atoms with Gasteiger partial charge in [0, 0.05) is 31.3 Å². The molecule has 0 rings (SSSR count). The van der Waals surface area contributed by atoms with Crippen molar-refractivity contribution in [1.82, 2.24) is 26.6 Å². The molecular formula is C32H55N5O16S. The normalized spacial score (nSPS) is 13.4. The van der Waals surface area contributed by atoms with Gasteiger partial charge in [-0.3, -0.25) is 33.3 Å². The zero-order valence-electron chi connectivity index (χ0n) is 31.2. The monoisotopic (exact) mass is 797 g/mol. The van der Waals surface area contributed by atoms with E-state index in [1.807, 2.05) is 5.32 Å². The third-order valence-corrected chi connectivity index (χ3v) is 8.48. The van der Waals surface area contributed by atoms with Crippen molar-refractivity contribution >= 4 is 57.6 Å². The van der Waals surface area contributed by atoms with Crippen molar-refractivity contribution in [2.24, 2.45) is 10.8 Å². The highest BCUT2D eigenvalue weighted by Gasteiger charge is 2.41. The Kier molecular flexibility index (Phi) is 22.1. The van der Waals surface area contributed by atoms with E-state index >= 15 is 0 Å².